The molecule has 0 saturated carbocycles. The zero-order valence-corrected chi connectivity index (χ0v) is 11.2. The van der Waals surface area contributed by atoms with Crippen molar-refractivity contribution in [2.45, 2.75) is 31.4 Å². The number of hydrogen-bond acceptors (Lipinski definition) is 3. The van der Waals surface area contributed by atoms with E-state index in [0.29, 0.717) is 0 Å². The first kappa shape index (κ1) is 13.5. The molecule has 2 N–H and O–H groups in total. The molecule has 2 rings (SSSR count). The van der Waals surface area contributed by atoms with E-state index in [-0.39, 0.29) is 12.1 Å². The van der Waals surface area contributed by atoms with E-state index in [9.17, 15) is 0 Å². The van der Waals surface area contributed by atoms with E-state index in [1.165, 1.54) is 5.56 Å². The molecule has 18 heavy (non-hydrogen) atoms. The predicted molar refractivity (Wildman–Crippen MR) is 74.6 cm³/mol. The maximum Gasteiger partial charge on any atom is 0.0853 e. The maximum atomic E-state index is 6.22. The van der Waals surface area contributed by atoms with Crippen LogP contribution < -0.4 is 5.73 Å². The first-order valence-corrected chi connectivity index (χ1v) is 6.85. The Hall–Kier alpha value is -0.900. The topological polar surface area (TPSA) is 38.5 Å². The summed E-state index contributed by atoms with van der Waals surface area (Å²) in [6, 6.07) is 10.8. The van der Waals surface area contributed by atoms with Gasteiger partial charge in [-0.2, -0.15) is 0 Å². The van der Waals surface area contributed by atoms with E-state index >= 15 is 0 Å². The zero-order chi connectivity index (χ0) is 12.8. The van der Waals surface area contributed by atoms with Gasteiger partial charge in [0.05, 0.1) is 12.7 Å². The molecule has 0 amide bonds. The van der Waals surface area contributed by atoms with Gasteiger partial charge < -0.3 is 15.4 Å². The predicted octanol–water partition coefficient (Wildman–Crippen LogP) is 1.67. The Morgan fingerprint density at radius 3 is 2.89 bits per heavy atom. The highest BCUT2D eigenvalue weighted by Crippen LogP contribution is 2.12. The monoisotopic (exact) mass is 248 g/mol. The molecule has 3 heteroatoms. The standard InChI is InChI=1S/C15H24N2O/c1-17-10-11-18-15(12-17)14(16)9-5-8-13-6-3-2-4-7-13/h2-4,6-7,14-15H,5,8-12,16H2,1H3. The van der Waals surface area contributed by atoms with Crippen LogP contribution in [0.5, 0.6) is 0 Å². The van der Waals surface area contributed by atoms with Crippen LogP contribution in [0.2, 0.25) is 0 Å². The average Bonchev–Trinajstić information content (AvgIpc) is 2.40. The molecule has 1 saturated heterocycles. The van der Waals surface area contributed by atoms with E-state index in [2.05, 4.69) is 42.3 Å². The average molecular weight is 248 g/mol. The molecule has 0 radical (unpaired) electrons. The summed E-state index contributed by atoms with van der Waals surface area (Å²) >= 11 is 0. The summed E-state index contributed by atoms with van der Waals surface area (Å²) in [5.74, 6) is 0. The van der Waals surface area contributed by atoms with Crippen molar-refractivity contribution in [3.05, 3.63) is 35.9 Å². The van der Waals surface area contributed by atoms with Gasteiger partial charge in [0.25, 0.3) is 0 Å². The third-order valence-corrected chi connectivity index (χ3v) is 3.62. The van der Waals surface area contributed by atoms with Gasteiger partial charge in [-0.3, -0.25) is 0 Å². The summed E-state index contributed by atoms with van der Waals surface area (Å²) in [5.41, 5.74) is 7.62. The maximum absolute atomic E-state index is 6.22. The largest absolute Gasteiger partial charge is 0.374 e. The van der Waals surface area contributed by atoms with Crippen LogP contribution >= 0.6 is 0 Å². The number of nitrogens with zero attached hydrogens (tertiary/aromatic N) is 1. The molecule has 1 aromatic carbocycles. The molecule has 100 valence electrons. The van der Waals surface area contributed by atoms with E-state index in [1.807, 2.05) is 0 Å². The van der Waals surface area contributed by atoms with Gasteiger partial charge in [-0.1, -0.05) is 30.3 Å². The second-order valence-corrected chi connectivity index (χ2v) is 5.21. The molecule has 2 unspecified atom stereocenters. The van der Waals surface area contributed by atoms with E-state index in [4.69, 9.17) is 10.5 Å². The van der Waals surface area contributed by atoms with Crippen LogP contribution in [0.15, 0.2) is 30.3 Å². The van der Waals surface area contributed by atoms with Crippen molar-refractivity contribution >= 4 is 0 Å². The van der Waals surface area contributed by atoms with Gasteiger partial charge in [-0.15, -0.1) is 0 Å². The molecule has 1 aliphatic heterocycles. The van der Waals surface area contributed by atoms with E-state index in [1.54, 1.807) is 0 Å². The fourth-order valence-electron chi connectivity index (χ4n) is 2.44. The van der Waals surface area contributed by atoms with Gasteiger partial charge in [-0.25, -0.2) is 0 Å². The van der Waals surface area contributed by atoms with Crippen LogP contribution in [0.25, 0.3) is 0 Å². The summed E-state index contributed by atoms with van der Waals surface area (Å²) in [4.78, 5) is 2.30. The number of aryl methyl sites for hydroxylation is 1. The van der Waals surface area contributed by atoms with Crippen LogP contribution in [-0.2, 0) is 11.2 Å². The summed E-state index contributed by atoms with van der Waals surface area (Å²) in [6.45, 7) is 2.80. The lowest BCUT2D eigenvalue weighted by Gasteiger charge is -2.33. The summed E-state index contributed by atoms with van der Waals surface area (Å²) in [5, 5.41) is 0. The molecule has 0 aromatic heterocycles. The molecule has 0 bridgehead atoms. The highest BCUT2D eigenvalue weighted by atomic mass is 16.5. The Morgan fingerprint density at radius 2 is 2.17 bits per heavy atom. The number of ether oxygens (including phenoxy) is 1. The Bertz CT molecular complexity index is 342. The van der Waals surface area contributed by atoms with Crippen LogP contribution in [0.1, 0.15) is 18.4 Å². The van der Waals surface area contributed by atoms with Crippen molar-refractivity contribution < 1.29 is 4.74 Å². The number of hydrogen-bond donors (Lipinski definition) is 1. The van der Waals surface area contributed by atoms with Crippen molar-refractivity contribution in [2.75, 3.05) is 26.7 Å². The fourth-order valence-corrected chi connectivity index (χ4v) is 2.44. The minimum atomic E-state index is 0.163. The number of nitrogens with two attached hydrogens (primary N) is 1. The van der Waals surface area contributed by atoms with Crippen LogP contribution in [0.3, 0.4) is 0 Å². The van der Waals surface area contributed by atoms with Crippen LogP contribution in [0.4, 0.5) is 0 Å². The van der Waals surface area contributed by atoms with E-state index in [0.717, 1.165) is 39.0 Å². The highest BCUT2D eigenvalue weighted by molar-refractivity contribution is 5.14. The second-order valence-electron chi connectivity index (χ2n) is 5.21. The van der Waals surface area contributed by atoms with Crippen LogP contribution in [0, 0.1) is 0 Å². The van der Waals surface area contributed by atoms with Crippen molar-refractivity contribution in [3.8, 4) is 0 Å². The highest BCUT2D eigenvalue weighted by Gasteiger charge is 2.23. The van der Waals surface area contributed by atoms with Crippen molar-refractivity contribution in [1.82, 2.24) is 4.90 Å². The third-order valence-electron chi connectivity index (χ3n) is 3.62. The lowest BCUT2D eigenvalue weighted by molar-refractivity contribution is -0.0334. The molecule has 0 spiro atoms. The molecule has 0 aliphatic carbocycles. The van der Waals surface area contributed by atoms with Crippen molar-refractivity contribution in [1.29, 1.82) is 0 Å². The molecule has 3 nitrogen and oxygen atoms in total. The minimum absolute atomic E-state index is 0.163. The third kappa shape index (κ3) is 4.09. The van der Waals surface area contributed by atoms with Crippen molar-refractivity contribution in [3.63, 3.8) is 0 Å². The van der Waals surface area contributed by atoms with Crippen molar-refractivity contribution in [2.24, 2.45) is 5.73 Å². The van der Waals surface area contributed by atoms with E-state index < -0.39 is 0 Å². The number of morpholine rings is 1. The Morgan fingerprint density at radius 1 is 1.39 bits per heavy atom. The summed E-state index contributed by atoms with van der Waals surface area (Å²) < 4.78 is 5.75. The van der Waals surface area contributed by atoms with Gasteiger partial charge in [0.2, 0.25) is 0 Å². The molecular formula is C15H24N2O. The zero-order valence-electron chi connectivity index (χ0n) is 11.2. The number of likely N-dealkylation sites (N-methyl/N-ethyl adjacent to an activating group) is 1. The Kier molecular flexibility index (Phi) is 5.17. The molecule has 2 atom stereocenters. The molecule has 1 aliphatic rings. The van der Waals surface area contributed by atoms with Gasteiger partial charge in [-0.05, 0) is 31.9 Å². The molecular weight excluding hydrogens is 224 g/mol. The minimum Gasteiger partial charge on any atom is -0.374 e. The molecule has 1 heterocycles. The lowest BCUT2D eigenvalue weighted by atomic mass is 10.0. The summed E-state index contributed by atoms with van der Waals surface area (Å²) in [7, 11) is 2.13. The lowest BCUT2D eigenvalue weighted by Crippen LogP contribution is -2.49. The van der Waals surface area contributed by atoms with Crippen LogP contribution in [-0.4, -0.2) is 43.8 Å². The normalized spacial score (nSPS) is 22.9. The Labute approximate surface area is 110 Å². The number of rotatable bonds is 5. The fraction of sp³-hybridized carbons (Fsp3) is 0.600. The Balaban J connectivity index is 1.70. The second kappa shape index (κ2) is 6.88. The SMILES string of the molecule is CN1CCOC(C(N)CCCc2ccccc2)C1. The number of benzene rings is 1. The van der Waals surface area contributed by atoms with Gasteiger partial charge in [0.15, 0.2) is 0 Å². The smallest absolute Gasteiger partial charge is 0.0853 e. The van der Waals surface area contributed by atoms with Gasteiger partial charge >= 0.3 is 0 Å². The van der Waals surface area contributed by atoms with Gasteiger partial charge in [0.1, 0.15) is 0 Å². The first-order valence-electron chi connectivity index (χ1n) is 6.85. The quantitative estimate of drug-likeness (QED) is 0.861. The summed E-state index contributed by atoms with van der Waals surface area (Å²) in [6.07, 6.45) is 3.48. The molecule has 1 fully saturated rings. The molecule has 1 aromatic rings. The first-order chi connectivity index (χ1) is 8.75. The van der Waals surface area contributed by atoms with Gasteiger partial charge in [0, 0.05) is 19.1 Å².